The number of hydrogen-bond donors (Lipinski definition) is 2. The average Bonchev–Trinajstić information content (AvgIpc) is 2.87. The van der Waals surface area contributed by atoms with E-state index in [9.17, 15) is 0 Å². The first-order valence-electron chi connectivity index (χ1n) is 5.72. The highest BCUT2D eigenvalue weighted by Gasteiger charge is 2.47. The predicted molar refractivity (Wildman–Crippen MR) is 55.6 cm³/mol. The van der Waals surface area contributed by atoms with Crippen LogP contribution in [0.25, 0.3) is 0 Å². The standard InChI is InChI=1S/C11H22N2/c1-13-10(11(12)7-8-11)9-5-3-2-4-6-9/h9-10,13H,2-8,12H2,1H3. The van der Waals surface area contributed by atoms with E-state index in [1.165, 1.54) is 44.9 Å². The third kappa shape index (κ3) is 1.89. The Hall–Kier alpha value is -0.0800. The van der Waals surface area contributed by atoms with E-state index in [2.05, 4.69) is 12.4 Å². The Labute approximate surface area is 81.3 Å². The van der Waals surface area contributed by atoms with Gasteiger partial charge in [-0.15, -0.1) is 0 Å². The van der Waals surface area contributed by atoms with Gasteiger partial charge in [-0.3, -0.25) is 0 Å². The second-order valence-corrected chi connectivity index (χ2v) is 4.90. The largest absolute Gasteiger partial charge is 0.324 e. The molecule has 0 bridgehead atoms. The van der Waals surface area contributed by atoms with E-state index in [0.717, 1.165) is 5.92 Å². The molecule has 13 heavy (non-hydrogen) atoms. The van der Waals surface area contributed by atoms with Crippen molar-refractivity contribution in [2.75, 3.05) is 7.05 Å². The highest BCUT2D eigenvalue weighted by Crippen LogP contribution is 2.42. The average molecular weight is 182 g/mol. The first-order chi connectivity index (χ1) is 6.26. The maximum atomic E-state index is 6.27. The summed E-state index contributed by atoms with van der Waals surface area (Å²) in [7, 11) is 2.08. The van der Waals surface area contributed by atoms with Gasteiger partial charge in [0.1, 0.15) is 0 Å². The van der Waals surface area contributed by atoms with Crippen LogP contribution in [0.5, 0.6) is 0 Å². The zero-order chi connectivity index (χ0) is 9.31. The lowest BCUT2D eigenvalue weighted by atomic mass is 9.80. The fraction of sp³-hybridized carbons (Fsp3) is 1.00. The van der Waals surface area contributed by atoms with E-state index in [4.69, 9.17) is 5.73 Å². The van der Waals surface area contributed by atoms with Gasteiger partial charge < -0.3 is 11.1 Å². The van der Waals surface area contributed by atoms with E-state index in [1.807, 2.05) is 0 Å². The highest BCUT2D eigenvalue weighted by molar-refractivity contribution is 5.09. The summed E-state index contributed by atoms with van der Waals surface area (Å²) >= 11 is 0. The van der Waals surface area contributed by atoms with E-state index < -0.39 is 0 Å². The fourth-order valence-electron chi connectivity index (χ4n) is 2.92. The van der Waals surface area contributed by atoms with Crippen LogP contribution in [0.3, 0.4) is 0 Å². The summed E-state index contributed by atoms with van der Waals surface area (Å²) in [5.74, 6) is 0.853. The lowest BCUT2D eigenvalue weighted by molar-refractivity contribution is 0.241. The normalized spacial score (nSPS) is 30.0. The molecule has 76 valence electrons. The van der Waals surface area contributed by atoms with Crippen LogP contribution >= 0.6 is 0 Å². The monoisotopic (exact) mass is 182 g/mol. The van der Waals surface area contributed by atoms with Crippen molar-refractivity contribution in [1.82, 2.24) is 5.32 Å². The quantitative estimate of drug-likeness (QED) is 0.696. The Morgan fingerprint density at radius 3 is 2.31 bits per heavy atom. The van der Waals surface area contributed by atoms with Crippen molar-refractivity contribution in [3.05, 3.63) is 0 Å². The van der Waals surface area contributed by atoms with Gasteiger partial charge in [0.25, 0.3) is 0 Å². The molecule has 0 heterocycles. The van der Waals surface area contributed by atoms with Crippen LogP contribution in [0.15, 0.2) is 0 Å². The van der Waals surface area contributed by atoms with Crippen molar-refractivity contribution in [3.63, 3.8) is 0 Å². The smallest absolute Gasteiger partial charge is 0.0313 e. The van der Waals surface area contributed by atoms with E-state index in [0.29, 0.717) is 6.04 Å². The molecular weight excluding hydrogens is 160 g/mol. The van der Waals surface area contributed by atoms with Crippen molar-refractivity contribution in [2.45, 2.75) is 56.5 Å². The third-order valence-electron chi connectivity index (χ3n) is 3.88. The first-order valence-corrected chi connectivity index (χ1v) is 5.72. The van der Waals surface area contributed by atoms with Gasteiger partial charge in [-0.25, -0.2) is 0 Å². The highest BCUT2D eigenvalue weighted by atomic mass is 15.0. The number of rotatable bonds is 3. The van der Waals surface area contributed by atoms with Gasteiger partial charge in [0.15, 0.2) is 0 Å². The Balaban J connectivity index is 1.94. The van der Waals surface area contributed by atoms with Gasteiger partial charge in [-0.1, -0.05) is 19.3 Å². The van der Waals surface area contributed by atoms with E-state index >= 15 is 0 Å². The van der Waals surface area contributed by atoms with Crippen LogP contribution in [0.2, 0.25) is 0 Å². The van der Waals surface area contributed by atoms with Crippen molar-refractivity contribution in [3.8, 4) is 0 Å². The molecule has 0 radical (unpaired) electrons. The summed E-state index contributed by atoms with van der Waals surface area (Å²) in [6, 6.07) is 0.591. The molecule has 1 atom stereocenters. The number of likely N-dealkylation sites (N-methyl/N-ethyl adjacent to an activating group) is 1. The molecule has 0 aliphatic heterocycles. The molecule has 2 rings (SSSR count). The molecule has 2 aliphatic rings. The van der Waals surface area contributed by atoms with Crippen molar-refractivity contribution in [2.24, 2.45) is 11.7 Å². The first kappa shape index (κ1) is 9.47. The van der Waals surface area contributed by atoms with Crippen LogP contribution in [-0.4, -0.2) is 18.6 Å². The van der Waals surface area contributed by atoms with E-state index in [1.54, 1.807) is 0 Å². The van der Waals surface area contributed by atoms with Gasteiger partial charge in [0.2, 0.25) is 0 Å². The van der Waals surface area contributed by atoms with Crippen LogP contribution in [0, 0.1) is 5.92 Å². The second-order valence-electron chi connectivity index (χ2n) is 4.90. The Bertz CT molecular complexity index is 169. The van der Waals surface area contributed by atoms with Crippen molar-refractivity contribution >= 4 is 0 Å². The summed E-state index contributed by atoms with van der Waals surface area (Å²) in [5.41, 5.74) is 6.43. The minimum Gasteiger partial charge on any atom is -0.324 e. The molecule has 2 aliphatic carbocycles. The van der Waals surface area contributed by atoms with Crippen molar-refractivity contribution in [1.29, 1.82) is 0 Å². The minimum atomic E-state index is 0.163. The third-order valence-corrected chi connectivity index (χ3v) is 3.88. The molecule has 2 heteroatoms. The van der Waals surface area contributed by atoms with Crippen LogP contribution in [0.1, 0.15) is 44.9 Å². The van der Waals surface area contributed by atoms with Gasteiger partial charge >= 0.3 is 0 Å². The molecule has 0 aromatic rings. The summed E-state index contributed by atoms with van der Waals surface area (Å²) in [6.07, 6.45) is 9.52. The van der Waals surface area contributed by atoms with Gasteiger partial charge in [-0.05, 0) is 38.6 Å². The molecule has 0 saturated heterocycles. The molecule has 2 saturated carbocycles. The van der Waals surface area contributed by atoms with Crippen LogP contribution < -0.4 is 11.1 Å². The van der Waals surface area contributed by atoms with Gasteiger partial charge in [0.05, 0.1) is 0 Å². The maximum Gasteiger partial charge on any atom is 0.0313 e. The number of hydrogen-bond acceptors (Lipinski definition) is 2. The summed E-state index contributed by atoms with van der Waals surface area (Å²) in [6.45, 7) is 0. The Morgan fingerprint density at radius 1 is 1.23 bits per heavy atom. The lowest BCUT2D eigenvalue weighted by Crippen LogP contribution is -2.50. The van der Waals surface area contributed by atoms with Gasteiger partial charge in [-0.2, -0.15) is 0 Å². The Kier molecular flexibility index (Phi) is 2.61. The summed E-state index contributed by atoms with van der Waals surface area (Å²) in [5, 5.41) is 3.45. The summed E-state index contributed by atoms with van der Waals surface area (Å²) < 4.78 is 0. The molecular formula is C11H22N2. The molecule has 0 spiro atoms. The summed E-state index contributed by atoms with van der Waals surface area (Å²) in [4.78, 5) is 0. The lowest BCUT2D eigenvalue weighted by Gasteiger charge is -2.34. The number of nitrogens with two attached hydrogens (primary N) is 1. The predicted octanol–water partition coefficient (Wildman–Crippen LogP) is 1.65. The maximum absolute atomic E-state index is 6.27. The molecule has 3 N–H and O–H groups in total. The fourth-order valence-corrected chi connectivity index (χ4v) is 2.92. The minimum absolute atomic E-state index is 0.163. The van der Waals surface area contributed by atoms with Gasteiger partial charge in [0, 0.05) is 11.6 Å². The molecule has 1 unspecified atom stereocenters. The van der Waals surface area contributed by atoms with E-state index in [-0.39, 0.29) is 5.54 Å². The molecule has 2 nitrogen and oxygen atoms in total. The zero-order valence-electron chi connectivity index (χ0n) is 8.68. The van der Waals surface area contributed by atoms with Crippen molar-refractivity contribution < 1.29 is 0 Å². The SMILES string of the molecule is CNC(C1CCCCC1)C1(N)CC1. The zero-order valence-corrected chi connectivity index (χ0v) is 8.68. The number of nitrogens with one attached hydrogen (secondary N) is 1. The molecule has 0 amide bonds. The van der Waals surface area contributed by atoms with Crippen LogP contribution in [0.4, 0.5) is 0 Å². The van der Waals surface area contributed by atoms with Crippen LogP contribution in [-0.2, 0) is 0 Å². The molecule has 2 fully saturated rings. The molecule has 0 aromatic heterocycles. The Morgan fingerprint density at radius 2 is 1.85 bits per heavy atom. The topological polar surface area (TPSA) is 38.0 Å². The molecule has 0 aromatic carbocycles. The second kappa shape index (κ2) is 3.58.